The van der Waals surface area contributed by atoms with Crippen LogP contribution in [0.5, 0.6) is 0 Å². The van der Waals surface area contributed by atoms with Crippen molar-refractivity contribution in [2.45, 2.75) is 24.7 Å². The van der Waals surface area contributed by atoms with E-state index in [4.69, 9.17) is 9.47 Å². The molecule has 44 valence electrons. The van der Waals surface area contributed by atoms with Crippen molar-refractivity contribution in [3.05, 3.63) is 0 Å². The molecule has 0 N–H and O–H groups in total. The van der Waals surface area contributed by atoms with Gasteiger partial charge in [-0.05, 0) is 0 Å². The molecule has 0 radical (unpaired) electrons. The first-order valence-electron chi connectivity index (χ1n) is 3.22. The molecule has 0 bridgehead atoms. The summed E-state index contributed by atoms with van der Waals surface area (Å²) in [6, 6.07) is 0. The van der Waals surface area contributed by atoms with E-state index in [1.807, 2.05) is 0 Å². The third kappa shape index (κ3) is 0.273. The first kappa shape index (κ1) is 3.85. The van der Waals surface area contributed by atoms with Crippen LogP contribution in [-0.2, 0) is 9.47 Å². The molecule has 0 aromatic rings. The van der Waals surface area contributed by atoms with E-state index >= 15 is 0 Å². The number of rotatable bonds is 0. The number of hydrogen-bond donors (Lipinski definition) is 0. The highest BCUT2D eigenvalue weighted by Crippen LogP contribution is 2.49. The highest BCUT2D eigenvalue weighted by Gasteiger charge is 2.60. The van der Waals surface area contributed by atoms with E-state index in [-0.39, 0.29) is 0 Å². The first-order chi connectivity index (χ1) is 3.95. The Labute approximate surface area is 47.8 Å². The average Bonchev–Trinajstić information content (AvgIpc) is 2.34. The second kappa shape index (κ2) is 0.957. The SMILES string of the molecule is C1O[C@H]2C[C@@H]3O[C@H]3[C@@H]12. The van der Waals surface area contributed by atoms with Crippen LogP contribution in [0.1, 0.15) is 6.42 Å². The second-order valence-corrected chi connectivity index (χ2v) is 2.91. The Morgan fingerprint density at radius 2 is 2.25 bits per heavy atom. The molecule has 2 saturated heterocycles. The Balaban J connectivity index is 1.92. The molecule has 1 aliphatic carbocycles. The number of hydrogen-bond acceptors (Lipinski definition) is 2. The zero-order valence-electron chi connectivity index (χ0n) is 4.54. The Kier molecular flexibility index (Phi) is 0.461. The van der Waals surface area contributed by atoms with Crippen LogP contribution in [0.4, 0.5) is 0 Å². The number of ether oxygens (including phenoxy) is 2. The molecule has 3 aliphatic rings. The summed E-state index contributed by atoms with van der Waals surface area (Å²) in [6.45, 7) is 0.964. The molecule has 2 aliphatic heterocycles. The fourth-order valence-electron chi connectivity index (χ4n) is 1.84. The Hall–Kier alpha value is -0.0800. The highest BCUT2D eigenvalue weighted by atomic mass is 16.6. The normalized spacial score (nSPS) is 66.0. The lowest BCUT2D eigenvalue weighted by Gasteiger charge is -2.31. The van der Waals surface area contributed by atoms with Crippen LogP contribution < -0.4 is 0 Å². The van der Waals surface area contributed by atoms with Crippen LogP contribution in [0.2, 0.25) is 0 Å². The minimum absolute atomic E-state index is 0.596. The molecule has 0 aromatic carbocycles. The van der Waals surface area contributed by atoms with Gasteiger partial charge < -0.3 is 9.47 Å². The Bertz CT molecular complexity index is 130. The quantitative estimate of drug-likeness (QED) is 0.417. The lowest BCUT2D eigenvalue weighted by atomic mass is 10.0. The topological polar surface area (TPSA) is 21.8 Å². The van der Waals surface area contributed by atoms with E-state index < -0.39 is 0 Å². The zero-order valence-corrected chi connectivity index (χ0v) is 4.54. The Morgan fingerprint density at radius 1 is 1.25 bits per heavy atom. The van der Waals surface area contributed by atoms with Crippen molar-refractivity contribution in [2.75, 3.05) is 6.61 Å². The fourth-order valence-corrected chi connectivity index (χ4v) is 1.84. The summed E-state index contributed by atoms with van der Waals surface area (Å²) in [7, 11) is 0. The van der Waals surface area contributed by atoms with Crippen LogP contribution in [0, 0.1) is 5.92 Å². The molecular weight excluding hydrogens is 104 g/mol. The average molecular weight is 112 g/mol. The zero-order chi connectivity index (χ0) is 5.14. The van der Waals surface area contributed by atoms with Gasteiger partial charge in [0.05, 0.1) is 24.9 Å². The van der Waals surface area contributed by atoms with E-state index in [1.54, 1.807) is 0 Å². The van der Waals surface area contributed by atoms with Crippen molar-refractivity contribution in [2.24, 2.45) is 5.92 Å². The maximum atomic E-state index is 5.31. The van der Waals surface area contributed by atoms with E-state index in [0.717, 1.165) is 12.5 Å². The van der Waals surface area contributed by atoms with Crippen molar-refractivity contribution in [1.82, 2.24) is 0 Å². The van der Waals surface area contributed by atoms with Crippen LogP contribution in [0.3, 0.4) is 0 Å². The smallest absolute Gasteiger partial charge is 0.0917 e. The monoisotopic (exact) mass is 112 g/mol. The van der Waals surface area contributed by atoms with Gasteiger partial charge in [0.15, 0.2) is 0 Å². The lowest BCUT2D eigenvalue weighted by Crippen LogP contribution is -2.39. The molecule has 0 unspecified atom stereocenters. The number of fused-ring (bicyclic) bond motifs is 3. The minimum atomic E-state index is 0.596. The summed E-state index contributed by atoms with van der Waals surface area (Å²) in [5, 5.41) is 0. The van der Waals surface area contributed by atoms with Gasteiger partial charge in [-0.25, -0.2) is 0 Å². The van der Waals surface area contributed by atoms with Gasteiger partial charge in [-0.3, -0.25) is 0 Å². The van der Waals surface area contributed by atoms with Gasteiger partial charge in [0, 0.05) is 12.3 Å². The second-order valence-electron chi connectivity index (χ2n) is 2.91. The van der Waals surface area contributed by atoms with Crippen molar-refractivity contribution >= 4 is 0 Å². The van der Waals surface area contributed by atoms with Gasteiger partial charge in [0.25, 0.3) is 0 Å². The largest absolute Gasteiger partial charge is 0.377 e. The van der Waals surface area contributed by atoms with Crippen molar-refractivity contribution < 1.29 is 9.47 Å². The van der Waals surface area contributed by atoms with Crippen molar-refractivity contribution in [3.63, 3.8) is 0 Å². The standard InChI is InChI=1S/C6H8O2/c1-4-3(2-7-4)6-5(1)8-6/h3-6H,1-2H2/t3-,4-,5-,6-/m0/s1. The molecule has 3 fully saturated rings. The molecule has 2 heterocycles. The molecule has 2 heteroatoms. The van der Waals surface area contributed by atoms with Gasteiger partial charge in [0.2, 0.25) is 0 Å². The fraction of sp³-hybridized carbons (Fsp3) is 1.00. The molecule has 1 saturated carbocycles. The molecule has 0 spiro atoms. The molecule has 0 amide bonds. The van der Waals surface area contributed by atoms with E-state index in [1.165, 1.54) is 6.42 Å². The first-order valence-corrected chi connectivity index (χ1v) is 3.22. The predicted octanol–water partition coefficient (Wildman–Crippen LogP) is 0.172. The minimum Gasteiger partial charge on any atom is -0.377 e. The highest BCUT2D eigenvalue weighted by molar-refractivity contribution is 5.06. The van der Waals surface area contributed by atoms with Crippen LogP contribution in [0.25, 0.3) is 0 Å². The van der Waals surface area contributed by atoms with Gasteiger partial charge in [-0.1, -0.05) is 0 Å². The molecule has 0 aromatic heterocycles. The molecule has 8 heavy (non-hydrogen) atoms. The summed E-state index contributed by atoms with van der Waals surface area (Å²) in [5.41, 5.74) is 0. The molecule has 2 nitrogen and oxygen atoms in total. The molecular formula is C6H8O2. The summed E-state index contributed by atoms with van der Waals surface area (Å²) in [4.78, 5) is 0. The van der Waals surface area contributed by atoms with Gasteiger partial charge in [-0.15, -0.1) is 0 Å². The maximum Gasteiger partial charge on any atom is 0.0917 e. The van der Waals surface area contributed by atoms with E-state index in [2.05, 4.69) is 0 Å². The van der Waals surface area contributed by atoms with E-state index in [0.29, 0.717) is 18.3 Å². The summed E-state index contributed by atoms with van der Waals surface area (Å²) >= 11 is 0. The predicted molar refractivity (Wildman–Crippen MR) is 26.5 cm³/mol. The summed E-state index contributed by atoms with van der Waals surface area (Å²) in [6.07, 6.45) is 3.00. The van der Waals surface area contributed by atoms with Crippen molar-refractivity contribution in [1.29, 1.82) is 0 Å². The summed E-state index contributed by atoms with van der Waals surface area (Å²) < 4.78 is 10.6. The van der Waals surface area contributed by atoms with Crippen LogP contribution in [0.15, 0.2) is 0 Å². The van der Waals surface area contributed by atoms with Gasteiger partial charge in [0.1, 0.15) is 0 Å². The maximum absolute atomic E-state index is 5.31. The van der Waals surface area contributed by atoms with Crippen LogP contribution in [-0.4, -0.2) is 24.9 Å². The number of epoxide rings is 1. The molecule has 3 rings (SSSR count). The van der Waals surface area contributed by atoms with Crippen LogP contribution >= 0.6 is 0 Å². The van der Waals surface area contributed by atoms with Crippen molar-refractivity contribution in [3.8, 4) is 0 Å². The summed E-state index contributed by atoms with van der Waals surface area (Å²) in [5.74, 6) is 0.792. The van der Waals surface area contributed by atoms with E-state index in [9.17, 15) is 0 Å². The molecule has 4 atom stereocenters. The lowest BCUT2D eigenvalue weighted by molar-refractivity contribution is -0.122. The Morgan fingerprint density at radius 3 is 2.62 bits per heavy atom. The van der Waals surface area contributed by atoms with Gasteiger partial charge in [-0.2, -0.15) is 0 Å². The third-order valence-electron chi connectivity index (χ3n) is 2.49. The van der Waals surface area contributed by atoms with Gasteiger partial charge >= 0.3 is 0 Å². The third-order valence-corrected chi connectivity index (χ3v) is 2.49.